The highest BCUT2D eigenvalue weighted by Gasteiger charge is 2.11. The van der Waals surface area contributed by atoms with Gasteiger partial charge in [-0.25, -0.2) is 13.1 Å². The van der Waals surface area contributed by atoms with Gasteiger partial charge in [-0.05, 0) is 44.0 Å². The van der Waals surface area contributed by atoms with E-state index in [1.807, 2.05) is 6.92 Å². The molecule has 1 heterocycles. The molecule has 0 aliphatic rings. The summed E-state index contributed by atoms with van der Waals surface area (Å²) in [5.74, 6) is 0.105. The molecule has 8 nitrogen and oxygen atoms in total. The lowest BCUT2D eigenvalue weighted by atomic mass is 10.1. The maximum absolute atomic E-state index is 12.1. The van der Waals surface area contributed by atoms with Crippen molar-refractivity contribution < 1.29 is 18.3 Å². The Balaban J connectivity index is 1.26. The van der Waals surface area contributed by atoms with E-state index >= 15 is 0 Å². The highest BCUT2D eigenvalue weighted by Crippen LogP contribution is 2.25. The van der Waals surface area contributed by atoms with Crippen molar-refractivity contribution >= 4 is 31.6 Å². The largest absolute Gasteiger partial charge is 0.506 e. The lowest BCUT2D eigenvalue weighted by molar-refractivity contribution is 0.142. The number of thiazole rings is 1. The summed E-state index contributed by atoms with van der Waals surface area (Å²) in [5.41, 5.74) is 2.96. The molecule has 0 aliphatic heterocycles. The van der Waals surface area contributed by atoms with Crippen molar-refractivity contribution in [2.24, 2.45) is 0 Å². The minimum absolute atomic E-state index is 0.0193. The van der Waals surface area contributed by atoms with Crippen molar-refractivity contribution in [3.63, 3.8) is 0 Å². The number of hydrogen-bond donors (Lipinski definition) is 3. The quantitative estimate of drug-likeness (QED) is 0.297. The molecule has 2 aromatic carbocycles. The van der Waals surface area contributed by atoms with Gasteiger partial charge in [0.15, 0.2) is 0 Å². The zero-order chi connectivity index (χ0) is 23.7. The van der Waals surface area contributed by atoms with Crippen LogP contribution in [0.2, 0.25) is 0 Å². The number of fused-ring (bicyclic) bond motifs is 1. The molecule has 0 spiro atoms. The molecule has 0 atom stereocenters. The van der Waals surface area contributed by atoms with Gasteiger partial charge in [0.1, 0.15) is 11.3 Å². The summed E-state index contributed by atoms with van der Waals surface area (Å²) in [6.07, 6.45) is 1.25. The Kier molecular flexibility index (Phi) is 9.45. The molecular formula is C23H31N3O5S2. The standard InChI is InChI=1S/C23H31N3O5S2/c1-18-6-8-19(9-7-18)10-15-31-16-13-25-33(29,30)17-3-11-24-12-14-26-22-20(27)4-2-5-21(22)32-23(26)28/h2,4-9,24-25,27H,3,10-17H2,1H3. The smallest absolute Gasteiger partial charge is 0.308 e. The number of aromatic hydroxyl groups is 1. The first-order chi connectivity index (χ1) is 15.9. The number of benzene rings is 2. The summed E-state index contributed by atoms with van der Waals surface area (Å²) in [7, 11) is -3.35. The molecule has 180 valence electrons. The summed E-state index contributed by atoms with van der Waals surface area (Å²) >= 11 is 1.10. The normalized spacial score (nSPS) is 11.9. The Hall–Kier alpha value is -2.24. The summed E-state index contributed by atoms with van der Waals surface area (Å²) in [4.78, 5) is 12.0. The van der Waals surface area contributed by atoms with Crippen LogP contribution in [0.15, 0.2) is 47.3 Å². The van der Waals surface area contributed by atoms with Crippen molar-refractivity contribution in [1.82, 2.24) is 14.6 Å². The van der Waals surface area contributed by atoms with Crippen molar-refractivity contribution in [3.8, 4) is 5.75 Å². The van der Waals surface area contributed by atoms with E-state index < -0.39 is 10.0 Å². The third-order valence-electron chi connectivity index (χ3n) is 5.17. The van der Waals surface area contributed by atoms with Gasteiger partial charge in [-0.15, -0.1) is 0 Å². The second-order valence-electron chi connectivity index (χ2n) is 7.81. The van der Waals surface area contributed by atoms with Crippen molar-refractivity contribution in [3.05, 3.63) is 63.3 Å². The number of phenolic OH excluding ortho intramolecular Hbond substituents is 1. The fourth-order valence-electron chi connectivity index (χ4n) is 3.40. The second-order valence-corrected chi connectivity index (χ2v) is 10.7. The van der Waals surface area contributed by atoms with Crippen LogP contribution >= 0.6 is 11.3 Å². The number of ether oxygens (including phenoxy) is 1. The van der Waals surface area contributed by atoms with E-state index in [2.05, 4.69) is 34.3 Å². The highest BCUT2D eigenvalue weighted by molar-refractivity contribution is 7.89. The van der Waals surface area contributed by atoms with Crippen LogP contribution in [-0.4, -0.2) is 56.7 Å². The molecule has 3 N–H and O–H groups in total. The number of para-hydroxylation sites is 1. The highest BCUT2D eigenvalue weighted by atomic mass is 32.2. The van der Waals surface area contributed by atoms with Gasteiger partial charge < -0.3 is 15.2 Å². The van der Waals surface area contributed by atoms with Crippen LogP contribution in [0.5, 0.6) is 5.75 Å². The van der Waals surface area contributed by atoms with Crippen LogP contribution in [0.1, 0.15) is 17.5 Å². The molecule has 0 aliphatic carbocycles. The monoisotopic (exact) mass is 493 g/mol. The minimum Gasteiger partial charge on any atom is -0.506 e. The van der Waals surface area contributed by atoms with Gasteiger partial charge in [-0.1, -0.05) is 47.2 Å². The van der Waals surface area contributed by atoms with Crippen molar-refractivity contribution in [1.29, 1.82) is 0 Å². The van der Waals surface area contributed by atoms with Gasteiger partial charge in [0, 0.05) is 19.6 Å². The molecular weight excluding hydrogens is 462 g/mol. The Morgan fingerprint density at radius 2 is 1.85 bits per heavy atom. The first kappa shape index (κ1) is 25.4. The number of nitrogens with one attached hydrogen (secondary N) is 2. The molecule has 3 rings (SSSR count). The SMILES string of the molecule is Cc1ccc(CCOCCNS(=O)(=O)CCCNCCn2c(=O)sc3cccc(O)c32)cc1. The van der Waals surface area contributed by atoms with E-state index in [4.69, 9.17) is 4.74 Å². The molecule has 0 saturated heterocycles. The average molecular weight is 494 g/mol. The Bertz CT molecular complexity index is 1190. The third kappa shape index (κ3) is 7.94. The number of nitrogens with zero attached hydrogens (tertiary/aromatic N) is 1. The lowest BCUT2D eigenvalue weighted by Gasteiger charge is -2.09. The molecule has 0 bridgehead atoms. The van der Waals surface area contributed by atoms with E-state index in [1.165, 1.54) is 11.1 Å². The maximum atomic E-state index is 12.1. The maximum Gasteiger partial charge on any atom is 0.308 e. The number of sulfonamides is 1. The summed E-state index contributed by atoms with van der Waals surface area (Å²) < 4.78 is 34.6. The van der Waals surface area contributed by atoms with Gasteiger partial charge in [0.2, 0.25) is 10.0 Å². The van der Waals surface area contributed by atoms with E-state index in [9.17, 15) is 18.3 Å². The fourth-order valence-corrected chi connectivity index (χ4v) is 5.40. The van der Waals surface area contributed by atoms with E-state index in [0.29, 0.717) is 44.8 Å². The van der Waals surface area contributed by atoms with Gasteiger partial charge >= 0.3 is 4.87 Å². The molecule has 10 heteroatoms. The average Bonchev–Trinajstić information content (AvgIpc) is 3.10. The van der Waals surface area contributed by atoms with E-state index in [-0.39, 0.29) is 22.9 Å². The van der Waals surface area contributed by atoms with Crippen LogP contribution in [-0.2, 0) is 27.7 Å². The summed E-state index contributed by atoms with van der Waals surface area (Å²) in [5, 5.41) is 13.2. The van der Waals surface area contributed by atoms with Crippen LogP contribution in [0.25, 0.3) is 10.2 Å². The molecule has 0 unspecified atom stereocenters. The van der Waals surface area contributed by atoms with Crippen LogP contribution in [0, 0.1) is 6.92 Å². The van der Waals surface area contributed by atoms with Crippen LogP contribution in [0.4, 0.5) is 0 Å². The second kappa shape index (κ2) is 12.3. The minimum atomic E-state index is -3.35. The molecule has 3 aromatic rings. The van der Waals surface area contributed by atoms with Gasteiger partial charge in [0.05, 0.1) is 23.7 Å². The van der Waals surface area contributed by atoms with Crippen molar-refractivity contribution in [2.75, 3.05) is 38.6 Å². The zero-order valence-corrected chi connectivity index (χ0v) is 20.4. The predicted octanol–water partition coefficient (Wildman–Crippen LogP) is 2.24. The Labute approximate surface area is 198 Å². The summed E-state index contributed by atoms with van der Waals surface area (Å²) in [6, 6.07) is 13.3. The summed E-state index contributed by atoms with van der Waals surface area (Å²) in [6.45, 7) is 4.60. The molecule has 1 aromatic heterocycles. The van der Waals surface area contributed by atoms with Gasteiger partial charge in [-0.2, -0.15) is 0 Å². The van der Waals surface area contributed by atoms with E-state index in [0.717, 1.165) is 22.5 Å². The fraction of sp³-hybridized carbons (Fsp3) is 0.435. The number of hydrogen-bond acceptors (Lipinski definition) is 7. The third-order valence-corrected chi connectivity index (χ3v) is 7.58. The van der Waals surface area contributed by atoms with Crippen LogP contribution in [0.3, 0.4) is 0 Å². The molecule has 33 heavy (non-hydrogen) atoms. The molecule has 0 saturated carbocycles. The lowest BCUT2D eigenvalue weighted by Crippen LogP contribution is -2.31. The Morgan fingerprint density at radius 1 is 1.06 bits per heavy atom. The predicted molar refractivity (Wildman–Crippen MR) is 133 cm³/mol. The number of aryl methyl sites for hydroxylation is 1. The topological polar surface area (TPSA) is 110 Å². The molecule has 0 fully saturated rings. The Morgan fingerprint density at radius 3 is 2.64 bits per heavy atom. The van der Waals surface area contributed by atoms with E-state index in [1.54, 1.807) is 22.8 Å². The first-order valence-electron chi connectivity index (χ1n) is 11.0. The van der Waals surface area contributed by atoms with Gasteiger partial charge in [0.25, 0.3) is 0 Å². The number of phenols is 1. The van der Waals surface area contributed by atoms with Crippen LogP contribution < -0.4 is 14.9 Å². The van der Waals surface area contributed by atoms with Gasteiger partial charge in [-0.3, -0.25) is 9.36 Å². The molecule has 0 radical (unpaired) electrons. The number of rotatable bonds is 14. The first-order valence-corrected chi connectivity index (χ1v) is 13.5. The molecule has 0 amide bonds. The number of aromatic nitrogens is 1. The van der Waals surface area contributed by atoms with Crippen molar-refractivity contribution in [2.45, 2.75) is 26.3 Å². The zero-order valence-electron chi connectivity index (χ0n) is 18.7.